The van der Waals surface area contributed by atoms with Gasteiger partial charge in [0.25, 0.3) is 10.0 Å². The molecule has 4 heterocycles. The van der Waals surface area contributed by atoms with E-state index in [9.17, 15) is 30.8 Å². The number of halogens is 5. The molecule has 248 valence electrons. The van der Waals surface area contributed by atoms with Crippen molar-refractivity contribution in [2.45, 2.75) is 42.1 Å². The van der Waals surface area contributed by atoms with Gasteiger partial charge in [0.05, 0.1) is 27.3 Å². The Balaban J connectivity index is 1.23. The summed E-state index contributed by atoms with van der Waals surface area (Å²) in [6.45, 7) is 2.13. The maximum Gasteiger partial charge on any atom is 0.416 e. The van der Waals surface area contributed by atoms with Crippen LogP contribution in [0.4, 0.5) is 29.2 Å². The van der Waals surface area contributed by atoms with Crippen LogP contribution in [0.1, 0.15) is 30.5 Å². The maximum atomic E-state index is 14.4. The standard InChI is InChI=1S/C32H30ClF4N5O3S2/c33-29-13-14-30(46-29)47(44,45)42-15-3-6-27(42)28(43)12-11-23-20-25(21-7-9-22(10-8-21)32(35,36)37)39-31(38-23)41-18-16-40(17-19-41)26-5-2-1-4-24(26)34/h1-2,4-5,7-10,13-14,20,27H,3,6,11-12,15-19H2/t27-/m0/s1. The fraction of sp³-hybridized carbons (Fsp3) is 0.344. The van der Waals surface area contributed by atoms with Crippen LogP contribution in [-0.4, -0.2) is 67.2 Å². The number of piperazine rings is 1. The summed E-state index contributed by atoms with van der Waals surface area (Å²) < 4.78 is 82.3. The molecule has 0 amide bonds. The number of Topliss-reactive ketones (excluding diaryl/α,β-unsaturated/α-hetero) is 1. The van der Waals surface area contributed by atoms with Crippen molar-refractivity contribution in [2.75, 3.05) is 42.5 Å². The molecule has 0 radical (unpaired) electrons. The zero-order valence-corrected chi connectivity index (χ0v) is 27.3. The number of alkyl halides is 3. The molecule has 2 aliphatic rings. The van der Waals surface area contributed by atoms with Crippen molar-refractivity contribution in [2.24, 2.45) is 0 Å². The second-order valence-electron chi connectivity index (χ2n) is 11.3. The van der Waals surface area contributed by atoms with E-state index in [1.807, 2.05) is 9.80 Å². The Morgan fingerprint density at radius 2 is 1.64 bits per heavy atom. The van der Waals surface area contributed by atoms with Gasteiger partial charge in [0.1, 0.15) is 10.0 Å². The van der Waals surface area contributed by atoms with Gasteiger partial charge in [0, 0.05) is 50.4 Å². The molecule has 2 aromatic heterocycles. The molecule has 2 fully saturated rings. The van der Waals surface area contributed by atoms with Crippen LogP contribution < -0.4 is 9.80 Å². The van der Waals surface area contributed by atoms with E-state index in [0.717, 1.165) is 23.5 Å². The van der Waals surface area contributed by atoms with Crippen molar-refractivity contribution in [1.82, 2.24) is 14.3 Å². The summed E-state index contributed by atoms with van der Waals surface area (Å²) in [5.41, 5.74) is 1.04. The molecule has 2 aromatic carbocycles. The lowest BCUT2D eigenvalue weighted by Crippen LogP contribution is -2.47. The number of anilines is 2. The molecule has 0 aliphatic carbocycles. The van der Waals surface area contributed by atoms with Crippen LogP contribution in [-0.2, 0) is 27.4 Å². The van der Waals surface area contributed by atoms with Gasteiger partial charge in [0.15, 0.2) is 5.78 Å². The number of aryl methyl sites for hydroxylation is 1. The number of ketones is 1. The molecule has 4 aromatic rings. The lowest BCUT2D eigenvalue weighted by atomic mass is 10.0. The SMILES string of the molecule is O=C(CCc1cc(-c2ccc(C(F)(F)F)cc2)nc(N2CCN(c3ccccc3F)CC2)n1)[C@@H]1CCCN1S(=O)(=O)c1ccc(Cl)s1. The van der Waals surface area contributed by atoms with Crippen molar-refractivity contribution >= 4 is 50.4 Å². The lowest BCUT2D eigenvalue weighted by molar-refractivity contribution is -0.137. The highest BCUT2D eigenvalue weighted by Gasteiger charge is 2.39. The summed E-state index contributed by atoms with van der Waals surface area (Å²) in [5.74, 6) is -0.220. The summed E-state index contributed by atoms with van der Waals surface area (Å²) in [6.07, 6.45) is -3.37. The number of rotatable bonds is 9. The highest BCUT2D eigenvalue weighted by molar-refractivity contribution is 7.91. The van der Waals surface area contributed by atoms with Gasteiger partial charge in [-0.15, -0.1) is 11.3 Å². The van der Waals surface area contributed by atoms with Crippen molar-refractivity contribution in [3.05, 3.63) is 88.1 Å². The van der Waals surface area contributed by atoms with E-state index in [4.69, 9.17) is 16.6 Å². The van der Waals surface area contributed by atoms with Gasteiger partial charge in [-0.3, -0.25) is 4.79 Å². The van der Waals surface area contributed by atoms with Gasteiger partial charge >= 0.3 is 6.18 Å². The topological polar surface area (TPSA) is 86.7 Å². The number of aromatic nitrogens is 2. The number of para-hydroxylation sites is 1. The number of hydrogen-bond acceptors (Lipinski definition) is 8. The van der Waals surface area contributed by atoms with Crippen LogP contribution in [0.3, 0.4) is 0 Å². The molecule has 0 spiro atoms. The second-order valence-corrected chi connectivity index (χ2v) is 15.2. The Bertz CT molecular complexity index is 1860. The number of hydrogen-bond donors (Lipinski definition) is 0. The molecule has 0 bridgehead atoms. The van der Waals surface area contributed by atoms with Gasteiger partial charge < -0.3 is 9.80 Å². The molecule has 2 aliphatic heterocycles. The van der Waals surface area contributed by atoms with E-state index >= 15 is 0 Å². The first-order valence-corrected chi connectivity index (χ1v) is 17.6. The maximum absolute atomic E-state index is 14.4. The summed E-state index contributed by atoms with van der Waals surface area (Å²) in [6, 6.07) is 15.0. The smallest absolute Gasteiger partial charge is 0.366 e. The second kappa shape index (κ2) is 13.5. The number of carbonyl (C=O) groups is 1. The molecule has 0 unspecified atom stereocenters. The van der Waals surface area contributed by atoms with Crippen LogP contribution in [0, 0.1) is 5.82 Å². The van der Waals surface area contributed by atoms with E-state index in [2.05, 4.69) is 4.98 Å². The fourth-order valence-electron chi connectivity index (χ4n) is 5.91. The third kappa shape index (κ3) is 7.30. The van der Waals surface area contributed by atoms with E-state index in [-0.39, 0.29) is 35.2 Å². The van der Waals surface area contributed by atoms with Gasteiger partial charge in [-0.05, 0) is 61.7 Å². The zero-order valence-electron chi connectivity index (χ0n) is 25.0. The normalized spacial score (nSPS) is 17.8. The molecule has 8 nitrogen and oxygen atoms in total. The quantitative estimate of drug-likeness (QED) is 0.179. The molecule has 47 heavy (non-hydrogen) atoms. The van der Waals surface area contributed by atoms with Crippen LogP contribution in [0.25, 0.3) is 11.3 Å². The van der Waals surface area contributed by atoms with Gasteiger partial charge in [0.2, 0.25) is 5.95 Å². The lowest BCUT2D eigenvalue weighted by Gasteiger charge is -2.36. The molecule has 0 saturated carbocycles. The molecular formula is C32H30ClF4N5O3S2. The van der Waals surface area contributed by atoms with Gasteiger partial charge in [-0.1, -0.05) is 35.9 Å². The first-order chi connectivity index (χ1) is 22.4. The largest absolute Gasteiger partial charge is 0.416 e. The summed E-state index contributed by atoms with van der Waals surface area (Å²) in [5, 5.41) is 0. The minimum Gasteiger partial charge on any atom is -0.366 e. The average Bonchev–Trinajstić information content (AvgIpc) is 3.74. The van der Waals surface area contributed by atoms with Crippen molar-refractivity contribution < 1.29 is 30.8 Å². The third-order valence-corrected chi connectivity index (χ3v) is 12.0. The number of thiophene rings is 1. The summed E-state index contributed by atoms with van der Waals surface area (Å²) in [7, 11) is -3.89. The summed E-state index contributed by atoms with van der Waals surface area (Å²) in [4.78, 5) is 26.7. The molecule has 0 N–H and O–H groups in total. The Kier molecular flexibility index (Phi) is 9.57. The molecular weight excluding hydrogens is 678 g/mol. The van der Waals surface area contributed by atoms with E-state index < -0.39 is 27.8 Å². The molecule has 6 rings (SSSR count). The number of nitrogens with zero attached hydrogens (tertiary/aromatic N) is 5. The van der Waals surface area contributed by atoms with E-state index in [0.29, 0.717) is 71.9 Å². The van der Waals surface area contributed by atoms with Crippen LogP contribution >= 0.6 is 22.9 Å². The molecule has 2 saturated heterocycles. The van der Waals surface area contributed by atoms with Crippen molar-refractivity contribution in [3.63, 3.8) is 0 Å². The van der Waals surface area contributed by atoms with Crippen molar-refractivity contribution in [1.29, 1.82) is 0 Å². The fourth-order valence-corrected chi connectivity index (χ4v) is 9.20. The van der Waals surface area contributed by atoms with Gasteiger partial charge in [-0.2, -0.15) is 17.5 Å². The predicted molar refractivity (Wildman–Crippen MR) is 173 cm³/mol. The summed E-state index contributed by atoms with van der Waals surface area (Å²) >= 11 is 6.91. The molecule has 1 atom stereocenters. The third-order valence-electron chi connectivity index (χ3n) is 8.35. The first-order valence-electron chi connectivity index (χ1n) is 15.0. The monoisotopic (exact) mass is 707 g/mol. The highest BCUT2D eigenvalue weighted by atomic mass is 35.5. The predicted octanol–water partition coefficient (Wildman–Crippen LogP) is 6.70. The van der Waals surface area contributed by atoms with Gasteiger partial charge in [-0.25, -0.2) is 22.8 Å². The van der Waals surface area contributed by atoms with Crippen LogP contribution in [0.5, 0.6) is 0 Å². The Hall–Kier alpha value is -3.59. The Labute approximate surface area is 278 Å². The zero-order chi connectivity index (χ0) is 33.3. The molecule has 15 heteroatoms. The van der Waals surface area contributed by atoms with Crippen LogP contribution in [0.15, 0.2) is 70.9 Å². The minimum atomic E-state index is -4.49. The minimum absolute atomic E-state index is 0.00580. The van der Waals surface area contributed by atoms with Crippen molar-refractivity contribution in [3.8, 4) is 11.3 Å². The van der Waals surface area contributed by atoms with E-state index in [1.54, 1.807) is 24.3 Å². The average molecular weight is 708 g/mol. The number of carbonyl (C=O) groups excluding carboxylic acids is 1. The Morgan fingerprint density at radius 1 is 0.936 bits per heavy atom. The Morgan fingerprint density at radius 3 is 2.30 bits per heavy atom. The number of benzene rings is 2. The van der Waals surface area contributed by atoms with Crippen LogP contribution in [0.2, 0.25) is 4.34 Å². The highest BCUT2D eigenvalue weighted by Crippen LogP contribution is 2.34. The van der Waals surface area contributed by atoms with E-state index in [1.165, 1.54) is 34.6 Å². The number of sulfonamides is 1. The first kappa shape index (κ1) is 33.3.